The molecule has 3 heterocycles. The van der Waals surface area contributed by atoms with Gasteiger partial charge in [0.1, 0.15) is 0 Å². The van der Waals surface area contributed by atoms with Gasteiger partial charge in [-0.1, -0.05) is 11.3 Å². The molecule has 0 radical (unpaired) electrons. The van der Waals surface area contributed by atoms with Crippen molar-refractivity contribution in [3.63, 3.8) is 0 Å². The molecule has 30 heavy (non-hydrogen) atoms. The third-order valence-electron chi connectivity index (χ3n) is 4.10. The topological polar surface area (TPSA) is 154 Å². The number of methoxy groups -OCH3 is 1. The van der Waals surface area contributed by atoms with Crippen molar-refractivity contribution in [3.8, 4) is 5.75 Å². The first-order valence-corrected chi connectivity index (χ1v) is 9.96. The van der Waals surface area contributed by atoms with E-state index in [0.29, 0.717) is 29.7 Å². The highest BCUT2D eigenvalue weighted by Crippen LogP contribution is 2.26. The lowest BCUT2D eigenvalue weighted by atomic mass is 10.1. The van der Waals surface area contributed by atoms with Crippen LogP contribution in [0.15, 0.2) is 32.5 Å². The highest BCUT2D eigenvalue weighted by molar-refractivity contribution is 7.18. The Morgan fingerprint density at radius 3 is 3.00 bits per heavy atom. The summed E-state index contributed by atoms with van der Waals surface area (Å²) in [5.74, 6) is -0.849. The van der Waals surface area contributed by atoms with Gasteiger partial charge in [0.25, 0.3) is 5.91 Å². The van der Waals surface area contributed by atoms with E-state index in [1.807, 2.05) is 0 Å². The van der Waals surface area contributed by atoms with E-state index in [1.165, 1.54) is 19.4 Å². The number of aliphatic imine (C=N–C) groups is 1. The molecule has 4 N–H and O–H groups in total. The van der Waals surface area contributed by atoms with Crippen LogP contribution in [0.4, 0.5) is 16.0 Å². The average Bonchev–Trinajstić information content (AvgIpc) is 3.15. The summed E-state index contributed by atoms with van der Waals surface area (Å²) in [6.45, 7) is 2.95. The standard InChI is InChI=1S/C18H22N6O5S/c1-10(5-6-19)20-17-23-24-18(30-17)22-15(25)13-8-12(14(27-2)16(26)29-13)21-11-4-3-7-28-9-11/h5-6,8,11,21H,3-4,7,9,19H2,1-2H3,(H,22,24,25). The molecule has 2 aromatic heterocycles. The van der Waals surface area contributed by atoms with Crippen LogP contribution in [0.25, 0.3) is 0 Å². The maximum atomic E-state index is 12.6. The molecular formula is C18H22N6O5S. The molecule has 1 aliphatic heterocycles. The van der Waals surface area contributed by atoms with Crippen LogP contribution in [-0.2, 0) is 4.74 Å². The highest BCUT2D eigenvalue weighted by atomic mass is 32.1. The second-order valence-corrected chi connectivity index (χ2v) is 7.32. The van der Waals surface area contributed by atoms with Gasteiger partial charge in [0.05, 0.1) is 19.4 Å². The molecule has 0 aliphatic carbocycles. The molecule has 12 heteroatoms. The molecule has 1 fully saturated rings. The summed E-state index contributed by atoms with van der Waals surface area (Å²) in [6, 6.07) is 1.42. The van der Waals surface area contributed by atoms with E-state index in [9.17, 15) is 9.59 Å². The summed E-state index contributed by atoms with van der Waals surface area (Å²) in [6.07, 6.45) is 4.74. The highest BCUT2D eigenvalue weighted by Gasteiger charge is 2.21. The minimum Gasteiger partial charge on any atom is -0.488 e. The molecule has 0 aromatic carbocycles. The zero-order chi connectivity index (χ0) is 21.5. The molecule has 3 rings (SSSR count). The minimum absolute atomic E-state index is 0.000228. The minimum atomic E-state index is -0.767. The number of allylic oxidation sites excluding steroid dienone is 1. The first kappa shape index (κ1) is 21.5. The summed E-state index contributed by atoms with van der Waals surface area (Å²) >= 11 is 1.06. The number of ether oxygens (including phenoxy) is 2. The van der Waals surface area contributed by atoms with Gasteiger partial charge >= 0.3 is 5.63 Å². The summed E-state index contributed by atoms with van der Waals surface area (Å²) in [5, 5.41) is 14.0. The van der Waals surface area contributed by atoms with Gasteiger partial charge in [0.15, 0.2) is 5.76 Å². The van der Waals surface area contributed by atoms with Gasteiger partial charge in [-0.3, -0.25) is 10.1 Å². The van der Waals surface area contributed by atoms with Crippen LogP contribution >= 0.6 is 11.3 Å². The largest absolute Gasteiger partial charge is 0.488 e. The van der Waals surface area contributed by atoms with E-state index < -0.39 is 11.5 Å². The Balaban J connectivity index is 1.78. The van der Waals surface area contributed by atoms with E-state index in [2.05, 4.69) is 25.8 Å². The zero-order valence-electron chi connectivity index (χ0n) is 16.5. The Bertz CT molecular complexity index is 1010. The number of hydrogen-bond donors (Lipinski definition) is 3. The predicted molar refractivity (Wildman–Crippen MR) is 113 cm³/mol. The fraction of sp³-hybridized carbons (Fsp3) is 0.389. The number of amides is 1. The van der Waals surface area contributed by atoms with Crippen LogP contribution < -0.4 is 26.7 Å². The Morgan fingerprint density at radius 1 is 1.47 bits per heavy atom. The van der Waals surface area contributed by atoms with Gasteiger partial charge in [-0.15, -0.1) is 10.2 Å². The zero-order valence-corrected chi connectivity index (χ0v) is 17.3. The van der Waals surface area contributed by atoms with Gasteiger partial charge in [0.2, 0.25) is 16.0 Å². The van der Waals surface area contributed by atoms with Crippen LogP contribution in [-0.4, -0.2) is 48.2 Å². The van der Waals surface area contributed by atoms with Gasteiger partial charge in [-0.25, -0.2) is 9.79 Å². The summed E-state index contributed by atoms with van der Waals surface area (Å²) in [5.41, 5.74) is 5.54. The number of carbonyl (C=O) groups is 1. The van der Waals surface area contributed by atoms with Crippen molar-refractivity contribution < 1.29 is 18.7 Å². The normalized spacial score (nSPS) is 17.1. The second-order valence-electron chi connectivity index (χ2n) is 6.36. The van der Waals surface area contributed by atoms with Crippen LogP contribution in [0, 0.1) is 0 Å². The number of aromatic nitrogens is 2. The van der Waals surface area contributed by atoms with E-state index in [0.717, 1.165) is 24.2 Å². The Labute approximate surface area is 176 Å². The number of rotatable bonds is 7. The third kappa shape index (κ3) is 5.42. The Hall–Kier alpha value is -3.25. The number of hydrogen-bond acceptors (Lipinski definition) is 11. The maximum absolute atomic E-state index is 12.6. The summed E-state index contributed by atoms with van der Waals surface area (Å²) < 4.78 is 15.7. The molecule has 11 nitrogen and oxygen atoms in total. The molecule has 1 unspecified atom stereocenters. The molecule has 0 bridgehead atoms. The lowest BCUT2D eigenvalue weighted by Gasteiger charge is -2.24. The fourth-order valence-electron chi connectivity index (χ4n) is 2.77. The maximum Gasteiger partial charge on any atom is 0.381 e. The van der Waals surface area contributed by atoms with E-state index in [4.69, 9.17) is 19.6 Å². The van der Waals surface area contributed by atoms with Crippen molar-refractivity contribution in [1.29, 1.82) is 0 Å². The van der Waals surface area contributed by atoms with Crippen molar-refractivity contribution in [3.05, 3.63) is 34.5 Å². The van der Waals surface area contributed by atoms with Gasteiger partial charge in [-0.05, 0) is 32.0 Å². The first-order valence-electron chi connectivity index (χ1n) is 9.15. The Kier molecular flexibility index (Phi) is 7.14. The van der Waals surface area contributed by atoms with Gasteiger partial charge in [0, 0.05) is 24.4 Å². The van der Waals surface area contributed by atoms with Gasteiger partial charge in [-0.2, -0.15) is 0 Å². The number of nitrogens with one attached hydrogen (secondary N) is 2. The summed E-state index contributed by atoms with van der Waals surface area (Å²) in [4.78, 5) is 29.1. The molecule has 0 saturated carbocycles. The van der Waals surface area contributed by atoms with E-state index >= 15 is 0 Å². The van der Waals surface area contributed by atoms with E-state index in [1.54, 1.807) is 13.0 Å². The fourth-order valence-corrected chi connectivity index (χ4v) is 3.44. The van der Waals surface area contributed by atoms with Crippen molar-refractivity contribution >= 4 is 38.9 Å². The lowest BCUT2D eigenvalue weighted by Crippen LogP contribution is -2.31. The number of nitrogens with zero attached hydrogens (tertiary/aromatic N) is 3. The SMILES string of the molecule is COc1c(NC2CCCOC2)cc(C(=O)Nc2nnc(N=C(C)C=CN)s2)oc1=O. The Morgan fingerprint density at radius 2 is 2.30 bits per heavy atom. The van der Waals surface area contributed by atoms with Crippen molar-refractivity contribution in [1.82, 2.24) is 10.2 Å². The molecular weight excluding hydrogens is 412 g/mol. The predicted octanol–water partition coefficient (Wildman–Crippen LogP) is 1.91. The third-order valence-corrected chi connectivity index (χ3v) is 4.83. The number of anilines is 2. The molecule has 1 atom stereocenters. The van der Waals surface area contributed by atoms with Crippen LogP contribution in [0.1, 0.15) is 30.3 Å². The molecule has 0 spiro atoms. The van der Waals surface area contributed by atoms with Crippen LogP contribution in [0.3, 0.4) is 0 Å². The number of carbonyl (C=O) groups excluding carboxylic acids is 1. The van der Waals surface area contributed by atoms with Crippen molar-refractivity contribution in [2.24, 2.45) is 10.7 Å². The van der Waals surface area contributed by atoms with E-state index in [-0.39, 0.29) is 22.7 Å². The quantitative estimate of drug-likeness (QED) is 0.554. The monoisotopic (exact) mass is 434 g/mol. The summed E-state index contributed by atoms with van der Waals surface area (Å²) in [7, 11) is 1.36. The average molecular weight is 434 g/mol. The molecule has 1 saturated heterocycles. The first-order chi connectivity index (χ1) is 14.5. The molecule has 1 aliphatic rings. The molecule has 1 amide bonds. The van der Waals surface area contributed by atoms with Crippen LogP contribution in [0.5, 0.6) is 5.75 Å². The molecule has 160 valence electrons. The molecule has 2 aromatic rings. The van der Waals surface area contributed by atoms with Crippen molar-refractivity contribution in [2.75, 3.05) is 31.0 Å². The van der Waals surface area contributed by atoms with Gasteiger partial charge < -0.3 is 24.9 Å². The smallest absolute Gasteiger partial charge is 0.381 e. The lowest BCUT2D eigenvalue weighted by molar-refractivity contribution is 0.0875. The van der Waals surface area contributed by atoms with Crippen LogP contribution in [0.2, 0.25) is 0 Å². The number of nitrogens with two attached hydrogens (primary N) is 1. The van der Waals surface area contributed by atoms with Crippen molar-refractivity contribution in [2.45, 2.75) is 25.8 Å². The second kappa shape index (κ2) is 9.98.